The average molecular weight is 467 g/mol. The van der Waals surface area contributed by atoms with Gasteiger partial charge in [-0.2, -0.15) is 13.2 Å². The maximum absolute atomic E-state index is 12.6. The first-order chi connectivity index (χ1) is 15.5. The van der Waals surface area contributed by atoms with E-state index in [9.17, 15) is 28.5 Å². The van der Waals surface area contributed by atoms with Crippen LogP contribution in [-0.4, -0.2) is 33.7 Å². The first-order valence-corrected chi connectivity index (χ1v) is 12.4. The van der Waals surface area contributed by atoms with Crippen molar-refractivity contribution >= 4 is 0 Å². The molecule has 1 aromatic carbocycles. The molecule has 7 atom stereocenters. The number of halogens is 3. The van der Waals surface area contributed by atoms with Gasteiger partial charge < -0.3 is 15.3 Å². The van der Waals surface area contributed by atoms with Gasteiger partial charge in [0.25, 0.3) is 0 Å². The van der Waals surface area contributed by atoms with Gasteiger partial charge >= 0.3 is 6.18 Å². The lowest BCUT2D eigenvalue weighted by Crippen LogP contribution is -2.54. The monoisotopic (exact) mass is 466 g/mol. The van der Waals surface area contributed by atoms with Crippen LogP contribution in [0.1, 0.15) is 81.8 Å². The second kappa shape index (κ2) is 8.92. The van der Waals surface area contributed by atoms with Crippen molar-refractivity contribution in [3.8, 4) is 5.75 Å². The number of hydrogen-bond acceptors (Lipinski definition) is 3. The number of rotatable bonds is 7. The van der Waals surface area contributed by atoms with Gasteiger partial charge in [0.05, 0.1) is 6.10 Å². The number of unbranched alkanes of at least 4 members (excludes halogenated alkanes) is 2. The Bertz CT molecular complexity index is 869. The van der Waals surface area contributed by atoms with Gasteiger partial charge in [-0.05, 0) is 96.8 Å². The minimum absolute atomic E-state index is 0.119. The summed E-state index contributed by atoms with van der Waals surface area (Å²) in [6.45, 7) is 6.51. The number of phenolic OH excluding ortho intramolecular Hbond substituents is 1. The van der Waals surface area contributed by atoms with E-state index < -0.39 is 12.3 Å². The van der Waals surface area contributed by atoms with Crippen LogP contribution < -0.4 is 0 Å². The molecule has 3 nitrogen and oxygen atoms in total. The van der Waals surface area contributed by atoms with Gasteiger partial charge in [-0.3, -0.25) is 0 Å². The average Bonchev–Trinajstić information content (AvgIpc) is 3.06. The number of allylic oxidation sites excluding steroid dienone is 1. The minimum atomic E-state index is -4.55. The third-order valence-corrected chi connectivity index (χ3v) is 9.29. The van der Waals surface area contributed by atoms with Crippen LogP contribution in [0.4, 0.5) is 13.2 Å². The summed E-state index contributed by atoms with van der Waals surface area (Å²) in [5, 5.41) is 30.3. The first kappa shape index (κ1) is 24.6. The second-order valence-electron chi connectivity index (χ2n) is 11.0. The van der Waals surface area contributed by atoms with Gasteiger partial charge in [0.15, 0.2) is 0 Å². The quantitative estimate of drug-likeness (QED) is 0.328. The topological polar surface area (TPSA) is 60.7 Å². The van der Waals surface area contributed by atoms with Gasteiger partial charge in [-0.25, -0.2) is 0 Å². The molecular weight excluding hydrogens is 429 g/mol. The predicted octanol–water partition coefficient (Wildman–Crippen LogP) is 6.27. The molecule has 0 bridgehead atoms. The molecule has 2 fully saturated rings. The fourth-order valence-electron chi connectivity index (χ4n) is 7.78. The molecule has 184 valence electrons. The molecule has 3 aliphatic carbocycles. The Balaban J connectivity index is 1.57. The molecular formula is C27H37F3O3. The van der Waals surface area contributed by atoms with Crippen LogP contribution in [0.5, 0.6) is 5.75 Å². The molecule has 3 N–H and O–H groups in total. The Kier molecular flexibility index (Phi) is 6.65. The summed E-state index contributed by atoms with van der Waals surface area (Å²) in [6, 6.07) is 5.67. The molecule has 2 saturated carbocycles. The number of hydrogen-bond donors (Lipinski definition) is 3. The highest BCUT2D eigenvalue weighted by Crippen LogP contribution is 2.69. The molecule has 3 aliphatic rings. The maximum atomic E-state index is 12.6. The molecule has 0 heterocycles. The fraction of sp³-hybridized carbons (Fsp3) is 0.704. The molecule has 0 saturated heterocycles. The molecule has 1 aromatic rings. The molecule has 0 spiro atoms. The lowest BCUT2D eigenvalue weighted by molar-refractivity contribution is -0.205. The molecule has 0 aromatic heterocycles. The van der Waals surface area contributed by atoms with E-state index in [1.165, 1.54) is 11.1 Å². The zero-order valence-corrected chi connectivity index (χ0v) is 19.4. The Morgan fingerprint density at radius 2 is 1.97 bits per heavy atom. The van der Waals surface area contributed by atoms with Gasteiger partial charge in [0, 0.05) is 0 Å². The SMILES string of the molecule is C=CC12CCc3cc(O)ccc3[C@H]1C(CCCCCC(O)C(F)(F)F)C[C@]1(C)[C@@H](O)CC[C@@H]21. The van der Waals surface area contributed by atoms with Crippen LogP contribution >= 0.6 is 0 Å². The number of alkyl halides is 3. The van der Waals surface area contributed by atoms with E-state index in [2.05, 4.69) is 19.6 Å². The fourth-order valence-corrected chi connectivity index (χ4v) is 7.78. The third-order valence-electron chi connectivity index (χ3n) is 9.29. The van der Waals surface area contributed by atoms with Crippen LogP contribution in [0.2, 0.25) is 0 Å². The number of aliphatic hydroxyl groups is 2. The highest BCUT2D eigenvalue weighted by molar-refractivity contribution is 5.43. The van der Waals surface area contributed by atoms with E-state index in [-0.39, 0.29) is 40.9 Å². The summed E-state index contributed by atoms with van der Waals surface area (Å²) in [5.41, 5.74) is 2.14. The van der Waals surface area contributed by atoms with E-state index >= 15 is 0 Å². The number of aryl methyl sites for hydroxylation is 1. The van der Waals surface area contributed by atoms with Crippen molar-refractivity contribution in [2.75, 3.05) is 0 Å². The smallest absolute Gasteiger partial charge is 0.414 e. The van der Waals surface area contributed by atoms with Crippen molar-refractivity contribution in [3.63, 3.8) is 0 Å². The van der Waals surface area contributed by atoms with Crippen LogP contribution in [-0.2, 0) is 6.42 Å². The zero-order valence-electron chi connectivity index (χ0n) is 19.4. The van der Waals surface area contributed by atoms with Crippen LogP contribution in [0, 0.1) is 22.7 Å². The summed E-state index contributed by atoms with van der Waals surface area (Å²) in [4.78, 5) is 0. The Labute approximate surface area is 194 Å². The van der Waals surface area contributed by atoms with Gasteiger partial charge in [-0.15, -0.1) is 6.58 Å². The van der Waals surface area contributed by atoms with Crippen LogP contribution in [0.15, 0.2) is 30.9 Å². The number of phenols is 1. The van der Waals surface area contributed by atoms with Gasteiger partial charge in [-0.1, -0.05) is 38.3 Å². The molecule has 6 heteroatoms. The van der Waals surface area contributed by atoms with E-state index in [0.717, 1.165) is 44.9 Å². The summed E-state index contributed by atoms with van der Waals surface area (Å²) < 4.78 is 37.8. The summed E-state index contributed by atoms with van der Waals surface area (Å²) in [5.74, 6) is 1.15. The summed E-state index contributed by atoms with van der Waals surface area (Å²) in [6.07, 6.45) is 1.89. The molecule has 4 rings (SSSR count). The second-order valence-corrected chi connectivity index (χ2v) is 11.0. The molecule has 0 amide bonds. The zero-order chi connectivity index (χ0) is 24.0. The van der Waals surface area contributed by atoms with Crippen molar-refractivity contribution in [2.45, 2.75) is 95.4 Å². The van der Waals surface area contributed by atoms with Crippen molar-refractivity contribution in [1.29, 1.82) is 0 Å². The normalized spacial score (nSPS) is 36.5. The number of benzene rings is 1. The standard InChI is InChI=1S/C27H37F3O3/c1-3-26-14-13-17-15-19(31)9-10-20(17)24(26)18(16-25(2)21(26)11-12-22(25)32)7-5-4-6-8-23(33)27(28,29)30/h3,9-10,15,18,21-24,31-33H,1,4-8,11-14,16H2,2H3/t18?,21-,22+,23?,24-,25+,26?/m1/s1. The molecule has 0 radical (unpaired) electrons. The van der Waals surface area contributed by atoms with E-state index in [1.807, 2.05) is 12.1 Å². The third kappa shape index (κ3) is 4.22. The Morgan fingerprint density at radius 1 is 1.21 bits per heavy atom. The minimum Gasteiger partial charge on any atom is -0.508 e. The molecule has 3 unspecified atom stereocenters. The predicted molar refractivity (Wildman–Crippen MR) is 122 cm³/mol. The van der Waals surface area contributed by atoms with Crippen molar-refractivity contribution in [2.24, 2.45) is 22.7 Å². The highest BCUT2D eigenvalue weighted by atomic mass is 19.4. The van der Waals surface area contributed by atoms with Crippen LogP contribution in [0.3, 0.4) is 0 Å². The van der Waals surface area contributed by atoms with E-state index in [1.54, 1.807) is 6.07 Å². The van der Waals surface area contributed by atoms with Crippen molar-refractivity contribution in [3.05, 3.63) is 42.0 Å². The van der Waals surface area contributed by atoms with E-state index in [4.69, 9.17) is 0 Å². The van der Waals surface area contributed by atoms with Crippen LogP contribution in [0.25, 0.3) is 0 Å². The number of aromatic hydroxyl groups is 1. The number of aliphatic hydroxyl groups excluding tert-OH is 2. The summed E-state index contributed by atoms with van der Waals surface area (Å²) in [7, 11) is 0. The van der Waals surface area contributed by atoms with Crippen molar-refractivity contribution < 1.29 is 28.5 Å². The van der Waals surface area contributed by atoms with E-state index in [0.29, 0.717) is 18.8 Å². The largest absolute Gasteiger partial charge is 0.508 e. The van der Waals surface area contributed by atoms with Gasteiger partial charge in [0.2, 0.25) is 0 Å². The Hall–Kier alpha value is -1.53. The lowest BCUT2D eigenvalue weighted by atomic mass is 9.44. The van der Waals surface area contributed by atoms with Crippen molar-refractivity contribution in [1.82, 2.24) is 0 Å². The first-order valence-electron chi connectivity index (χ1n) is 12.4. The maximum Gasteiger partial charge on any atom is 0.414 e. The highest BCUT2D eigenvalue weighted by Gasteiger charge is 2.63. The summed E-state index contributed by atoms with van der Waals surface area (Å²) >= 11 is 0. The molecule has 0 aliphatic heterocycles. The Morgan fingerprint density at radius 3 is 2.67 bits per heavy atom. The molecule has 33 heavy (non-hydrogen) atoms. The van der Waals surface area contributed by atoms with Gasteiger partial charge in [0.1, 0.15) is 11.9 Å². The number of fused-ring (bicyclic) bond motifs is 5. The lowest BCUT2D eigenvalue weighted by Gasteiger charge is -2.60.